The highest BCUT2D eigenvalue weighted by atomic mass is 16.5. The van der Waals surface area contributed by atoms with Crippen LogP contribution in [0.4, 0.5) is 10.5 Å². The lowest BCUT2D eigenvalue weighted by molar-refractivity contribution is -0.0133. The predicted molar refractivity (Wildman–Crippen MR) is 102 cm³/mol. The van der Waals surface area contributed by atoms with Crippen LogP contribution in [0, 0.1) is 0 Å². The molecule has 0 aliphatic carbocycles. The number of aromatic nitrogens is 2. The Morgan fingerprint density at radius 1 is 1.22 bits per heavy atom. The standard InChI is InChI=1S/C20H25N5O2/c1-22-7-8-24(20(22)26)16-10-21-25(13-16)17-11-23(12-17)14-19-18-5-3-2-4-15(18)6-9-27-19/h2-5,10,13,17,19H,6-9,11-12,14H2,1H3. The Hall–Kier alpha value is -2.38. The molecule has 7 nitrogen and oxygen atoms in total. The van der Waals surface area contributed by atoms with Crippen molar-refractivity contribution in [2.45, 2.75) is 18.6 Å². The Morgan fingerprint density at radius 3 is 2.89 bits per heavy atom. The number of fused-ring (bicyclic) bond motifs is 1. The zero-order valence-corrected chi connectivity index (χ0v) is 15.6. The molecule has 3 aliphatic rings. The molecule has 2 aromatic rings. The van der Waals surface area contributed by atoms with Crippen molar-refractivity contribution in [2.24, 2.45) is 0 Å². The lowest BCUT2D eigenvalue weighted by Crippen LogP contribution is -2.49. The highest BCUT2D eigenvalue weighted by Gasteiger charge is 2.34. The summed E-state index contributed by atoms with van der Waals surface area (Å²) < 4.78 is 8.04. The zero-order chi connectivity index (χ0) is 18.4. The van der Waals surface area contributed by atoms with Crippen molar-refractivity contribution in [3.05, 3.63) is 47.8 Å². The normalized spacial score (nSPS) is 23.6. The van der Waals surface area contributed by atoms with Gasteiger partial charge in [0, 0.05) is 46.0 Å². The maximum Gasteiger partial charge on any atom is 0.324 e. The van der Waals surface area contributed by atoms with Crippen molar-refractivity contribution in [1.29, 1.82) is 0 Å². The molecule has 2 fully saturated rings. The number of carbonyl (C=O) groups excluding carboxylic acids is 1. The molecule has 2 amide bonds. The van der Waals surface area contributed by atoms with Crippen LogP contribution < -0.4 is 4.90 Å². The molecule has 0 bridgehead atoms. The second-order valence-corrected chi connectivity index (χ2v) is 7.71. The van der Waals surface area contributed by atoms with E-state index in [0.29, 0.717) is 6.04 Å². The highest BCUT2D eigenvalue weighted by molar-refractivity contribution is 5.93. The molecule has 4 heterocycles. The van der Waals surface area contributed by atoms with E-state index in [4.69, 9.17) is 4.74 Å². The molecule has 1 aromatic heterocycles. The van der Waals surface area contributed by atoms with Gasteiger partial charge in [-0.15, -0.1) is 0 Å². The molecule has 0 N–H and O–H groups in total. The van der Waals surface area contributed by atoms with Gasteiger partial charge in [-0.3, -0.25) is 14.5 Å². The molecule has 0 radical (unpaired) electrons. The number of hydrogen-bond donors (Lipinski definition) is 0. The number of benzene rings is 1. The first-order chi connectivity index (χ1) is 13.2. The molecular weight excluding hydrogens is 342 g/mol. The largest absolute Gasteiger partial charge is 0.372 e. The van der Waals surface area contributed by atoms with Crippen LogP contribution in [0.15, 0.2) is 36.7 Å². The summed E-state index contributed by atoms with van der Waals surface area (Å²) in [5.74, 6) is 0. The van der Waals surface area contributed by atoms with Crippen molar-refractivity contribution in [3.63, 3.8) is 0 Å². The number of amides is 2. The molecule has 2 saturated heterocycles. The molecule has 27 heavy (non-hydrogen) atoms. The summed E-state index contributed by atoms with van der Waals surface area (Å²) in [6.45, 7) is 5.17. The van der Waals surface area contributed by atoms with Gasteiger partial charge in [0.15, 0.2) is 0 Å². The van der Waals surface area contributed by atoms with E-state index in [9.17, 15) is 4.79 Å². The van der Waals surface area contributed by atoms with Gasteiger partial charge in [0.1, 0.15) is 0 Å². The average Bonchev–Trinajstić information content (AvgIpc) is 3.25. The molecule has 1 atom stereocenters. The van der Waals surface area contributed by atoms with Gasteiger partial charge in [0.05, 0.1) is 30.6 Å². The molecule has 3 aliphatic heterocycles. The van der Waals surface area contributed by atoms with Gasteiger partial charge in [0.25, 0.3) is 0 Å². The Labute approximate surface area is 159 Å². The van der Waals surface area contributed by atoms with E-state index in [0.717, 1.165) is 51.4 Å². The van der Waals surface area contributed by atoms with Crippen LogP contribution in [0.3, 0.4) is 0 Å². The minimum absolute atomic E-state index is 0.0536. The topological polar surface area (TPSA) is 53.8 Å². The van der Waals surface area contributed by atoms with Gasteiger partial charge in [-0.2, -0.15) is 5.10 Å². The van der Waals surface area contributed by atoms with Gasteiger partial charge >= 0.3 is 6.03 Å². The molecule has 5 rings (SSSR count). The number of ether oxygens (including phenoxy) is 1. The third-order valence-corrected chi connectivity index (χ3v) is 5.94. The first kappa shape index (κ1) is 16.8. The summed E-state index contributed by atoms with van der Waals surface area (Å²) in [5, 5.41) is 4.51. The Kier molecular flexibility index (Phi) is 4.13. The number of likely N-dealkylation sites (N-methyl/N-ethyl adjacent to an activating group) is 1. The molecule has 1 unspecified atom stereocenters. The van der Waals surface area contributed by atoms with E-state index < -0.39 is 0 Å². The molecule has 142 valence electrons. The van der Waals surface area contributed by atoms with Gasteiger partial charge < -0.3 is 9.64 Å². The van der Waals surface area contributed by atoms with Crippen molar-refractivity contribution < 1.29 is 9.53 Å². The number of likely N-dealkylation sites (tertiary alicyclic amines) is 1. The molecule has 0 saturated carbocycles. The Morgan fingerprint density at radius 2 is 2.07 bits per heavy atom. The summed E-state index contributed by atoms with van der Waals surface area (Å²) in [7, 11) is 1.84. The van der Waals surface area contributed by atoms with Crippen LogP contribution in [-0.4, -0.2) is 72.0 Å². The minimum atomic E-state index is 0.0536. The summed E-state index contributed by atoms with van der Waals surface area (Å²) in [6.07, 6.45) is 4.99. The van der Waals surface area contributed by atoms with Crippen molar-refractivity contribution >= 4 is 11.7 Å². The molecular formula is C20H25N5O2. The predicted octanol–water partition coefficient (Wildman–Crippen LogP) is 1.93. The third kappa shape index (κ3) is 3.00. The van der Waals surface area contributed by atoms with Crippen LogP contribution in [0.1, 0.15) is 23.3 Å². The lowest BCUT2D eigenvalue weighted by Gasteiger charge is -2.41. The SMILES string of the molecule is CN1CCN(c2cnn(C3CN(CC4OCCc5ccccc54)C3)c2)C1=O. The number of carbonyl (C=O) groups is 1. The fraction of sp³-hybridized carbons (Fsp3) is 0.500. The van der Waals surface area contributed by atoms with Crippen LogP contribution in [0.5, 0.6) is 0 Å². The van der Waals surface area contributed by atoms with Gasteiger partial charge in [-0.25, -0.2) is 4.79 Å². The van der Waals surface area contributed by atoms with E-state index in [1.165, 1.54) is 11.1 Å². The summed E-state index contributed by atoms with van der Waals surface area (Å²) in [4.78, 5) is 18.1. The average molecular weight is 367 g/mol. The van der Waals surface area contributed by atoms with E-state index in [1.807, 2.05) is 17.9 Å². The monoisotopic (exact) mass is 367 g/mol. The van der Waals surface area contributed by atoms with E-state index >= 15 is 0 Å². The van der Waals surface area contributed by atoms with Crippen LogP contribution in [-0.2, 0) is 11.2 Å². The minimum Gasteiger partial charge on any atom is -0.372 e. The van der Waals surface area contributed by atoms with Crippen molar-refractivity contribution in [1.82, 2.24) is 19.6 Å². The van der Waals surface area contributed by atoms with E-state index in [2.05, 4.69) is 34.3 Å². The van der Waals surface area contributed by atoms with Gasteiger partial charge in [-0.1, -0.05) is 24.3 Å². The fourth-order valence-electron chi connectivity index (χ4n) is 4.28. The second kappa shape index (κ2) is 6.65. The van der Waals surface area contributed by atoms with Gasteiger partial charge in [0.2, 0.25) is 0 Å². The van der Waals surface area contributed by atoms with E-state index in [1.54, 1.807) is 16.0 Å². The lowest BCUT2D eigenvalue weighted by atomic mass is 9.96. The fourth-order valence-corrected chi connectivity index (χ4v) is 4.28. The Balaban J connectivity index is 1.19. The maximum absolute atomic E-state index is 12.1. The van der Waals surface area contributed by atoms with Crippen molar-refractivity contribution in [3.8, 4) is 0 Å². The van der Waals surface area contributed by atoms with Crippen LogP contribution >= 0.6 is 0 Å². The summed E-state index contributed by atoms with van der Waals surface area (Å²) in [6, 6.07) is 9.04. The molecule has 0 spiro atoms. The number of hydrogen-bond acceptors (Lipinski definition) is 4. The first-order valence-corrected chi connectivity index (χ1v) is 9.67. The van der Waals surface area contributed by atoms with Crippen LogP contribution in [0.25, 0.3) is 0 Å². The smallest absolute Gasteiger partial charge is 0.324 e. The Bertz CT molecular complexity index is 844. The quantitative estimate of drug-likeness (QED) is 0.829. The van der Waals surface area contributed by atoms with Gasteiger partial charge in [-0.05, 0) is 17.5 Å². The summed E-state index contributed by atoms with van der Waals surface area (Å²) >= 11 is 0. The van der Waals surface area contributed by atoms with Crippen LogP contribution in [0.2, 0.25) is 0 Å². The first-order valence-electron chi connectivity index (χ1n) is 9.67. The number of rotatable bonds is 4. The molecule has 1 aromatic carbocycles. The van der Waals surface area contributed by atoms with E-state index in [-0.39, 0.29) is 12.1 Å². The maximum atomic E-state index is 12.1. The number of nitrogens with zero attached hydrogens (tertiary/aromatic N) is 5. The third-order valence-electron chi connectivity index (χ3n) is 5.94. The van der Waals surface area contributed by atoms with Crippen molar-refractivity contribution in [2.75, 3.05) is 51.3 Å². The highest BCUT2D eigenvalue weighted by Crippen LogP contribution is 2.31. The number of anilines is 1. The second-order valence-electron chi connectivity index (χ2n) is 7.71. The summed E-state index contributed by atoms with van der Waals surface area (Å²) in [5.41, 5.74) is 3.65. The molecule has 7 heteroatoms. The number of urea groups is 1. The zero-order valence-electron chi connectivity index (χ0n) is 15.6.